The summed E-state index contributed by atoms with van der Waals surface area (Å²) in [5, 5.41) is 12.5. The molecule has 1 heterocycles. The molecule has 1 aromatic carbocycles. The van der Waals surface area contributed by atoms with Gasteiger partial charge in [0.15, 0.2) is 5.75 Å². The Morgan fingerprint density at radius 1 is 1.34 bits per heavy atom. The largest absolute Gasteiger partial charge is 0.485 e. The number of hydrogen-bond acceptors (Lipinski definition) is 6. The first-order valence-electron chi connectivity index (χ1n) is 10.5. The highest BCUT2D eigenvalue weighted by Crippen LogP contribution is 2.35. The second kappa shape index (κ2) is 10.4. The Bertz CT molecular complexity index is 936. The number of anilines is 1. The van der Waals surface area contributed by atoms with Gasteiger partial charge in [0.2, 0.25) is 10.0 Å². The van der Waals surface area contributed by atoms with Gasteiger partial charge in [-0.05, 0) is 32.9 Å². The first-order valence-corrected chi connectivity index (χ1v) is 12.4. The number of amides is 3. The van der Waals surface area contributed by atoms with Crippen molar-refractivity contribution < 1.29 is 27.9 Å². The van der Waals surface area contributed by atoms with Gasteiger partial charge in [0.05, 0.1) is 36.7 Å². The fraction of sp³-hybridized carbons (Fsp3) is 0.619. The van der Waals surface area contributed by atoms with Crippen molar-refractivity contribution in [2.45, 2.75) is 45.9 Å². The van der Waals surface area contributed by atoms with Crippen molar-refractivity contribution in [2.24, 2.45) is 5.92 Å². The Kier molecular flexibility index (Phi) is 8.35. The Balaban J connectivity index is 2.51. The minimum Gasteiger partial charge on any atom is -0.485 e. The highest BCUT2D eigenvalue weighted by Gasteiger charge is 2.35. The zero-order valence-corrected chi connectivity index (χ0v) is 20.3. The van der Waals surface area contributed by atoms with Crippen LogP contribution < -0.4 is 14.8 Å². The fourth-order valence-electron chi connectivity index (χ4n) is 3.45. The molecule has 11 heteroatoms. The number of nitrogens with one attached hydrogen (secondary N) is 2. The van der Waals surface area contributed by atoms with Gasteiger partial charge in [0.25, 0.3) is 5.91 Å². The number of ether oxygens (including phenoxy) is 1. The molecule has 0 aromatic heterocycles. The van der Waals surface area contributed by atoms with E-state index in [-0.39, 0.29) is 54.1 Å². The molecule has 3 amide bonds. The van der Waals surface area contributed by atoms with E-state index < -0.39 is 22.2 Å². The molecule has 32 heavy (non-hydrogen) atoms. The molecule has 1 aromatic rings. The number of para-hydroxylation sites is 1. The Morgan fingerprint density at radius 3 is 2.56 bits per heavy atom. The maximum atomic E-state index is 13.3. The number of hydrogen-bond donors (Lipinski definition) is 3. The molecule has 3 N–H and O–H groups in total. The minimum atomic E-state index is -3.63. The molecule has 10 nitrogen and oxygen atoms in total. The molecule has 0 bridgehead atoms. The Morgan fingerprint density at radius 2 is 2.00 bits per heavy atom. The number of aliphatic hydroxyl groups excluding tert-OH is 1. The summed E-state index contributed by atoms with van der Waals surface area (Å²) in [6.07, 6.45) is 0.474. The average molecular weight is 471 g/mol. The maximum absolute atomic E-state index is 13.3. The lowest BCUT2D eigenvalue weighted by Crippen LogP contribution is -2.51. The summed E-state index contributed by atoms with van der Waals surface area (Å²) in [4.78, 5) is 28.8. The van der Waals surface area contributed by atoms with Gasteiger partial charge in [-0.3, -0.25) is 9.52 Å². The van der Waals surface area contributed by atoms with Crippen LogP contribution in [-0.4, -0.2) is 86.4 Å². The van der Waals surface area contributed by atoms with E-state index in [1.165, 1.54) is 11.0 Å². The predicted octanol–water partition coefficient (Wildman–Crippen LogP) is 1.33. The van der Waals surface area contributed by atoms with Crippen molar-refractivity contribution in [1.82, 2.24) is 15.1 Å². The van der Waals surface area contributed by atoms with Crippen LogP contribution in [0.25, 0.3) is 0 Å². The Hall–Kier alpha value is -2.53. The van der Waals surface area contributed by atoms with Gasteiger partial charge < -0.3 is 25.0 Å². The third kappa shape index (κ3) is 6.49. The number of fused-ring (bicyclic) bond motifs is 1. The second-order valence-electron chi connectivity index (χ2n) is 8.66. The number of likely N-dealkylation sites (N-methyl/N-ethyl adjacent to an activating group) is 1. The monoisotopic (exact) mass is 470 g/mol. The third-order valence-electron chi connectivity index (χ3n) is 5.20. The van der Waals surface area contributed by atoms with E-state index in [1.807, 2.05) is 20.8 Å². The molecule has 1 aliphatic rings. The molecular weight excluding hydrogens is 436 g/mol. The summed E-state index contributed by atoms with van der Waals surface area (Å²) in [7, 11) is -1.99. The second-order valence-corrected chi connectivity index (χ2v) is 10.4. The fourth-order valence-corrected chi connectivity index (χ4v) is 4.01. The number of sulfonamides is 1. The van der Waals surface area contributed by atoms with Crippen LogP contribution in [0.5, 0.6) is 5.75 Å². The predicted molar refractivity (Wildman–Crippen MR) is 122 cm³/mol. The first-order chi connectivity index (χ1) is 14.8. The number of rotatable bonds is 7. The molecule has 2 rings (SSSR count). The standard InChI is InChI=1S/C21H34N4O6S/c1-13(2)22-21(28)24(5)11-18-14(3)10-25(15(4)12-26)20(27)16-8-7-9-17(19(16)31-18)23-32(6,29)30/h7-9,13-15,18,23,26H,10-12H2,1-6H3,(H,22,28)/t14-,15+,18-/m1/s1. The highest BCUT2D eigenvalue weighted by molar-refractivity contribution is 7.92. The van der Waals surface area contributed by atoms with Crippen LogP contribution in [-0.2, 0) is 10.0 Å². The van der Waals surface area contributed by atoms with Crippen LogP contribution in [0.1, 0.15) is 38.1 Å². The number of carbonyl (C=O) groups excluding carboxylic acids is 2. The minimum absolute atomic E-state index is 0.0366. The molecule has 3 atom stereocenters. The Labute approximate surface area is 190 Å². The number of nitrogens with zero attached hydrogens (tertiary/aromatic N) is 2. The number of carbonyl (C=O) groups is 2. The molecule has 0 saturated carbocycles. The van der Waals surface area contributed by atoms with E-state index in [1.54, 1.807) is 31.0 Å². The number of benzene rings is 1. The molecule has 0 saturated heterocycles. The molecule has 0 fully saturated rings. The summed E-state index contributed by atoms with van der Waals surface area (Å²) in [6, 6.07) is 3.89. The van der Waals surface area contributed by atoms with E-state index in [9.17, 15) is 23.1 Å². The van der Waals surface area contributed by atoms with Crippen LogP contribution in [0.3, 0.4) is 0 Å². The van der Waals surface area contributed by atoms with E-state index in [2.05, 4.69) is 10.0 Å². The quantitative estimate of drug-likeness (QED) is 0.552. The van der Waals surface area contributed by atoms with Crippen LogP contribution >= 0.6 is 0 Å². The van der Waals surface area contributed by atoms with Gasteiger partial charge in [-0.25, -0.2) is 13.2 Å². The zero-order chi connectivity index (χ0) is 24.2. The van der Waals surface area contributed by atoms with E-state index in [0.717, 1.165) is 6.26 Å². The molecule has 0 unspecified atom stereocenters. The topological polar surface area (TPSA) is 128 Å². The maximum Gasteiger partial charge on any atom is 0.317 e. The summed E-state index contributed by atoms with van der Waals surface area (Å²) >= 11 is 0. The van der Waals surface area contributed by atoms with E-state index in [4.69, 9.17) is 4.74 Å². The van der Waals surface area contributed by atoms with Gasteiger partial charge >= 0.3 is 6.03 Å². The van der Waals surface area contributed by atoms with Gasteiger partial charge in [-0.1, -0.05) is 13.0 Å². The number of aliphatic hydroxyl groups is 1. The first kappa shape index (κ1) is 25.7. The lowest BCUT2D eigenvalue weighted by atomic mass is 9.99. The van der Waals surface area contributed by atoms with Crippen molar-refractivity contribution in [1.29, 1.82) is 0 Å². The van der Waals surface area contributed by atoms with Crippen molar-refractivity contribution in [2.75, 3.05) is 37.7 Å². The van der Waals surface area contributed by atoms with Crippen LogP contribution in [0, 0.1) is 5.92 Å². The van der Waals surface area contributed by atoms with E-state index >= 15 is 0 Å². The zero-order valence-electron chi connectivity index (χ0n) is 19.5. The van der Waals surface area contributed by atoms with Gasteiger partial charge in [-0.2, -0.15) is 0 Å². The lowest BCUT2D eigenvalue weighted by Gasteiger charge is -2.38. The van der Waals surface area contributed by atoms with Crippen molar-refractivity contribution in [3.63, 3.8) is 0 Å². The highest BCUT2D eigenvalue weighted by atomic mass is 32.2. The molecule has 0 radical (unpaired) electrons. The van der Waals surface area contributed by atoms with Gasteiger partial charge in [-0.15, -0.1) is 0 Å². The van der Waals surface area contributed by atoms with Gasteiger partial charge in [0, 0.05) is 25.6 Å². The van der Waals surface area contributed by atoms with Crippen LogP contribution in [0.4, 0.5) is 10.5 Å². The van der Waals surface area contributed by atoms with E-state index in [0.29, 0.717) is 6.54 Å². The molecular formula is C21H34N4O6S. The molecule has 0 spiro atoms. The molecule has 1 aliphatic heterocycles. The normalized spacial score (nSPS) is 20.0. The third-order valence-corrected chi connectivity index (χ3v) is 5.79. The molecule has 180 valence electrons. The summed E-state index contributed by atoms with van der Waals surface area (Å²) in [5.74, 6) is -0.483. The summed E-state index contributed by atoms with van der Waals surface area (Å²) in [5.41, 5.74) is 0.327. The smallest absolute Gasteiger partial charge is 0.317 e. The van der Waals surface area contributed by atoms with Gasteiger partial charge in [0.1, 0.15) is 6.10 Å². The SMILES string of the molecule is CC(C)NC(=O)N(C)C[C@H]1Oc2c(NS(C)(=O)=O)cccc2C(=O)N([C@@H](C)CO)C[C@H]1C. The summed E-state index contributed by atoms with van der Waals surface area (Å²) in [6.45, 7) is 7.64. The van der Waals surface area contributed by atoms with Crippen molar-refractivity contribution in [3.05, 3.63) is 23.8 Å². The van der Waals surface area contributed by atoms with Crippen LogP contribution in [0.2, 0.25) is 0 Å². The van der Waals surface area contributed by atoms with Crippen molar-refractivity contribution in [3.8, 4) is 5.75 Å². The summed E-state index contributed by atoms with van der Waals surface area (Å²) < 4.78 is 32.4. The number of urea groups is 1. The van der Waals surface area contributed by atoms with Crippen LogP contribution in [0.15, 0.2) is 18.2 Å². The molecule has 0 aliphatic carbocycles. The van der Waals surface area contributed by atoms with Crippen molar-refractivity contribution >= 4 is 27.6 Å². The average Bonchev–Trinajstić information content (AvgIpc) is 2.68. The lowest BCUT2D eigenvalue weighted by molar-refractivity contribution is 0.0369.